The molecule has 1 rings (SSSR count). The Morgan fingerprint density at radius 3 is 2.00 bits per heavy atom. The van der Waals surface area contributed by atoms with Crippen molar-refractivity contribution in [1.82, 2.24) is 0 Å². The molecule has 7 heteroatoms. The second-order valence-corrected chi connectivity index (χ2v) is 5.17. The van der Waals surface area contributed by atoms with E-state index in [0.29, 0.717) is 6.10 Å². The number of hydrogen-bond donors (Lipinski definition) is 2. The van der Waals surface area contributed by atoms with Crippen molar-refractivity contribution in [2.24, 2.45) is 0 Å². The van der Waals surface area contributed by atoms with Gasteiger partial charge in [0.25, 0.3) is 0 Å². The Labute approximate surface area is 89.5 Å². The summed E-state index contributed by atoms with van der Waals surface area (Å²) in [6.45, 7) is 3.18. The van der Waals surface area contributed by atoms with Crippen LogP contribution in [0.2, 0.25) is 3.17 Å². The summed E-state index contributed by atoms with van der Waals surface area (Å²) in [4.78, 5) is 0. The van der Waals surface area contributed by atoms with Crippen LogP contribution < -0.4 is 0 Å². The predicted molar refractivity (Wildman–Crippen MR) is 43.7 cm³/mol. The molecule has 0 aromatic heterocycles. The van der Waals surface area contributed by atoms with Crippen LogP contribution in [0.4, 0.5) is 0 Å². The smallest absolute Gasteiger partial charge is 0.264 e. The number of hydrogen-bond acceptors (Lipinski definition) is 3. The third kappa shape index (κ3) is 8.92. The van der Waals surface area contributed by atoms with Crippen LogP contribution in [0.5, 0.6) is 0 Å². The average molecular weight is 206 g/mol. The molecule has 1 aliphatic rings. The van der Waals surface area contributed by atoms with Gasteiger partial charge < -0.3 is 0 Å². The standard InChI is InChI=1S/C5H9O.Na.H2O4S/c1-5-3-2-4-6-5;;1-5(2,3)4/h3,5H,2,4H2,1H3;;(H2,1,2,3,4). The molecule has 12 heavy (non-hydrogen) atoms. The van der Waals surface area contributed by atoms with E-state index in [-0.39, 0.29) is 0 Å². The zero-order valence-corrected chi connectivity index (χ0v) is 9.91. The largest absolute Gasteiger partial charge is 0.394 e. The minimum Gasteiger partial charge on any atom is -0.264 e. The first-order valence-electron chi connectivity index (χ1n) is 3.62. The van der Waals surface area contributed by atoms with E-state index in [1.54, 1.807) is 0 Å². The third-order valence-electron chi connectivity index (χ3n) is 1.76. The summed E-state index contributed by atoms with van der Waals surface area (Å²) in [7, 11) is -4.67. The van der Waals surface area contributed by atoms with Gasteiger partial charge in [-0.3, -0.25) is 9.11 Å². The molecule has 68 valence electrons. The summed E-state index contributed by atoms with van der Waals surface area (Å²) >= 11 is 1.31. The molecular weight excluding hydrogens is 195 g/mol. The number of rotatable bonds is 0. The van der Waals surface area contributed by atoms with Crippen LogP contribution in [-0.2, 0) is 15.1 Å². The molecule has 2 unspecified atom stereocenters. The number of ether oxygens (including phenoxy) is 1. The zero-order chi connectivity index (χ0) is 9.78. The molecule has 0 bridgehead atoms. The van der Waals surface area contributed by atoms with Crippen molar-refractivity contribution in [2.45, 2.75) is 22.6 Å². The van der Waals surface area contributed by atoms with Crippen molar-refractivity contribution in [3.8, 4) is 0 Å². The van der Waals surface area contributed by atoms with Gasteiger partial charge in [-0.05, 0) is 0 Å². The Bertz CT molecular complexity index is 198. The Morgan fingerprint density at radius 2 is 1.92 bits per heavy atom. The second kappa shape index (κ2) is 5.54. The molecule has 1 aliphatic heterocycles. The topological polar surface area (TPSA) is 83.8 Å². The van der Waals surface area contributed by atoms with Gasteiger partial charge in [0.15, 0.2) is 0 Å². The minimum atomic E-state index is -4.67. The van der Waals surface area contributed by atoms with Gasteiger partial charge in [-0.1, -0.05) is 0 Å². The maximum Gasteiger partial charge on any atom is 0.394 e. The van der Waals surface area contributed by atoms with Crippen molar-refractivity contribution >= 4 is 38.3 Å². The van der Waals surface area contributed by atoms with Crippen LogP contribution in [-0.4, -0.2) is 58.2 Å². The van der Waals surface area contributed by atoms with Crippen LogP contribution in [0.15, 0.2) is 0 Å². The molecule has 0 saturated carbocycles. The van der Waals surface area contributed by atoms with Crippen molar-refractivity contribution in [1.29, 1.82) is 0 Å². The minimum absolute atomic E-state index is 0.576. The van der Waals surface area contributed by atoms with E-state index >= 15 is 0 Å². The van der Waals surface area contributed by atoms with E-state index in [9.17, 15) is 0 Å². The first-order valence-corrected chi connectivity index (χ1v) is 6.17. The molecule has 0 aromatic rings. The molecule has 1 saturated heterocycles. The van der Waals surface area contributed by atoms with Crippen molar-refractivity contribution in [2.75, 3.05) is 6.61 Å². The fraction of sp³-hybridized carbons (Fsp3) is 1.00. The molecule has 0 spiro atoms. The van der Waals surface area contributed by atoms with Gasteiger partial charge in [0, 0.05) is 0 Å². The van der Waals surface area contributed by atoms with E-state index in [0.717, 1.165) is 9.77 Å². The van der Waals surface area contributed by atoms with E-state index < -0.39 is 10.4 Å². The molecule has 1 heterocycles. The van der Waals surface area contributed by atoms with Crippen molar-refractivity contribution < 1.29 is 22.3 Å². The fourth-order valence-electron chi connectivity index (χ4n) is 0.839. The summed E-state index contributed by atoms with van der Waals surface area (Å²) in [6.07, 6.45) is 1.89. The van der Waals surface area contributed by atoms with Gasteiger partial charge >= 0.3 is 72.3 Å². The zero-order valence-electron chi connectivity index (χ0n) is 7.10. The second-order valence-electron chi connectivity index (χ2n) is 2.79. The van der Waals surface area contributed by atoms with E-state index in [1.807, 2.05) is 0 Å². The third-order valence-corrected chi connectivity index (χ3v) is 3.27. The summed E-state index contributed by atoms with van der Waals surface area (Å²) in [5, 5.41) is 0. The molecular formula is C5H11NaO5S. The van der Waals surface area contributed by atoms with Crippen LogP contribution in [0.3, 0.4) is 0 Å². The first kappa shape index (κ1) is 12.8. The van der Waals surface area contributed by atoms with Crippen molar-refractivity contribution in [3.05, 3.63) is 0 Å². The molecule has 0 amide bonds. The molecule has 0 radical (unpaired) electrons. The molecule has 0 aromatic carbocycles. The van der Waals surface area contributed by atoms with Gasteiger partial charge in [0.05, 0.1) is 0 Å². The fourth-order valence-corrected chi connectivity index (χ4v) is 1.27. The van der Waals surface area contributed by atoms with Gasteiger partial charge in [-0.25, -0.2) is 0 Å². The molecule has 5 nitrogen and oxygen atoms in total. The van der Waals surface area contributed by atoms with Crippen LogP contribution >= 0.6 is 0 Å². The summed E-state index contributed by atoms with van der Waals surface area (Å²) < 4.78 is 37.8. The molecule has 1 fully saturated rings. The Morgan fingerprint density at radius 1 is 1.50 bits per heavy atom. The summed E-state index contributed by atoms with van der Waals surface area (Å²) in [6, 6.07) is 0. The molecule has 0 aliphatic carbocycles. The predicted octanol–water partition coefficient (Wildman–Crippen LogP) is 0.0994. The maximum absolute atomic E-state index is 8.74. The SMILES string of the molecule is CC1OCC[CH]1[Na].O=S(=O)(O)O. The summed E-state index contributed by atoms with van der Waals surface area (Å²) in [5.74, 6) is 0. The van der Waals surface area contributed by atoms with Gasteiger partial charge in [-0.2, -0.15) is 8.42 Å². The van der Waals surface area contributed by atoms with Crippen LogP contribution in [0, 0.1) is 0 Å². The Hall–Kier alpha value is 0.830. The van der Waals surface area contributed by atoms with Crippen LogP contribution in [0.1, 0.15) is 13.3 Å². The quantitative estimate of drug-likeness (QED) is 0.433. The summed E-state index contributed by atoms with van der Waals surface area (Å²) in [5.41, 5.74) is 0. The maximum atomic E-state index is 8.74. The van der Waals surface area contributed by atoms with Crippen LogP contribution in [0.25, 0.3) is 0 Å². The van der Waals surface area contributed by atoms with Gasteiger partial charge in [0.1, 0.15) is 0 Å². The van der Waals surface area contributed by atoms with E-state index in [4.69, 9.17) is 22.3 Å². The Kier molecular flexibility index (Phi) is 5.92. The van der Waals surface area contributed by atoms with Crippen molar-refractivity contribution in [3.63, 3.8) is 0 Å². The monoisotopic (exact) mass is 206 g/mol. The molecule has 2 N–H and O–H groups in total. The molecule has 2 atom stereocenters. The first-order chi connectivity index (χ1) is 5.30. The average Bonchev–Trinajstić information content (AvgIpc) is 2.12. The Balaban J connectivity index is 0.000000217. The normalized spacial score (nSPS) is 29.4. The van der Waals surface area contributed by atoms with E-state index in [1.165, 1.54) is 34.4 Å². The van der Waals surface area contributed by atoms with Gasteiger partial charge in [-0.15, -0.1) is 0 Å². The van der Waals surface area contributed by atoms with E-state index in [2.05, 4.69) is 6.92 Å². The van der Waals surface area contributed by atoms with Gasteiger partial charge in [0.2, 0.25) is 0 Å².